The van der Waals surface area contributed by atoms with E-state index in [1.807, 2.05) is 40.8 Å². The molecule has 1 saturated heterocycles. The van der Waals surface area contributed by atoms with Gasteiger partial charge in [-0.05, 0) is 31.2 Å². The smallest absolute Gasteiger partial charge is 0.254 e. The lowest BCUT2D eigenvalue weighted by molar-refractivity contribution is -0.121. The molecule has 0 atom stereocenters. The van der Waals surface area contributed by atoms with Gasteiger partial charge in [0.15, 0.2) is 5.13 Å². The van der Waals surface area contributed by atoms with Crippen LogP contribution >= 0.6 is 23.1 Å². The first-order chi connectivity index (χ1) is 11.7. The molecule has 1 fully saturated rings. The van der Waals surface area contributed by atoms with E-state index in [0.29, 0.717) is 31.1 Å². The number of thioether (sulfide) groups is 1. The molecular weight excluding hydrogens is 342 g/mol. The van der Waals surface area contributed by atoms with Crippen molar-refractivity contribution in [3.05, 3.63) is 41.4 Å². The Morgan fingerprint density at radius 1 is 1.29 bits per heavy atom. The van der Waals surface area contributed by atoms with E-state index in [2.05, 4.69) is 10.3 Å². The summed E-state index contributed by atoms with van der Waals surface area (Å²) in [6.07, 6.45) is 5.01. The Morgan fingerprint density at radius 3 is 2.71 bits per heavy atom. The summed E-state index contributed by atoms with van der Waals surface area (Å²) in [4.78, 5) is 31.9. The predicted molar refractivity (Wildman–Crippen MR) is 97.6 cm³/mol. The standard InChI is InChI=1S/C17H19N3O2S2/c1-23-14-5-3-2-4-13(14)16(22)20-9-6-12(7-10-20)15(21)19-17-18-8-11-24-17/h2-5,8,11-12H,6-7,9-10H2,1H3,(H,18,19,21). The van der Waals surface area contributed by atoms with Gasteiger partial charge in [0, 0.05) is 35.5 Å². The number of anilines is 1. The van der Waals surface area contributed by atoms with E-state index in [9.17, 15) is 9.59 Å². The summed E-state index contributed by atoms with van der Waals surface area (Å²) >= 11 is 2.99. The number of aromatic nitrogens is 1. The van der Waals surface area contributed by atoms with Crippen molar-refractivity contribution >= 4 is 40.0 Å². The van der Waals surface area contributed by atoms with Crippen LogP contribution in [0.2, 0.25) is 0 Å². The summed E-state index contributed by atoms with van der Waals surface area (Å²) in [6, 6.07) is 7.67. The lowest BCUT2D eigenvalue weighted by Gasteiger charge is -2.31. The third-order valence-corrected chi connectivity index (χ3v) is 5.64. The van der Waals surface area contributed by atoms with E-state index in [4.69, 9.17) is 0 Å². The highest BCUT2D eigenvalue weighted by Crippen LogP contribution is 2.25. The first-order valence-corrected chi connectivity index (χ1v) is 9.92. The molecule has 7 heteroatoms. The highest BCUT2D eigenvalue weighted by atomic mass is 32.2. The monoisotopic (exact) mass is 361 g/mol. The van der Waals surface area contributed by atoms with Crippen LogP contribution in [0.3, 0.4) is 0 Å². The zero-order valence-corrected chi connectivity index (χ0v) is 15.0. The van der Waals surface area contributed by atoms with Crippen molar-refractivity contribution in [1.82, 2.24) is 9.88 Å². The van der Waals surface area contributed by atoms with Crippen LogP contribution in [-0.4, -0.2) is 41.0 Å². The van der Waals surface area contributed by atoms with Crippen LogP contribution in [0.1, 0.15) is 23.2 Å². The van der Waals surface area contributed by atoms with Gasteiger partial charge in [-0.2, -0.15) is 0 Å². The largest absolute Gasteiger partial charge is 0.339 e. The second-order valence-corrected chi connectivity index (χ2v) is 7.34. The molecule has 126 valence electrons. The van der Waals surface area contributed by atoms with Crippen LogP contribution in [0.15, 0.2) is 40.7 Å². The molecule has 1 aromatic heterocycles. The number of rotatable bonds is 4. The Balaban J connectivity index is 1.58. The number of nitrogens with one attached hydrogen (secondary N) is 1. The first-order valence-electron chi connectivity index (χ1n) is 7.81. The van der Waals surface area contributed by atoms with Crippen molar-refractivity contribution in [3.8, 4) is 0 Å². The lowest BCUT2D eigenvalue weighted by Crippen LogP contribution is -2.41. The Bertz CT molecular complexity index is 710. The Hall–Kier alpha value is -1.86. The summed E-state index contributed by atoms with van der Waals surface area (Å²) in [5.74, 6) is -0.00552. The molecule has 3 rings (SSSR count). The van der Waals surface area contributed by atoms with Gasteiger partial charge in [-0.3, -0.25) is 9.59 Å². The highest BCUT2D eigenvalue weighted by molar-refractivity contribution is 7.98. The molecule has 2 aromatic rings. The minimum absolute atomic E-state index is 0.00145. The van der Waals surface area contributed by atoms with Crippen molar-refractivity contribution in [3.63, 3.8) is 0 Å². The number of carbonyl (C=O) groups excluding carboxylic acids is 2. The molecule has 0 saturated carbocycles. The number of likely N-dealkylation sites (tertiary alicyclic amines) is 1. The van der Waals surface area contributed by atoms with Gasteiger partial charge in [0.05, 0.1) is 5.56 Å². The summed E-state index contributed by atoms with van der Waals surface area (Å²) in [5.41, 5.74) is 0.746. The van der Waals surface area contributed by atoms with Gasteiger partial charge < -0.3 is 10.2 Å². The quantitative estimate of drug-likeness (QED) is 0.848. The van der Waals surface area contributed by atoms with Gasteiger partial charge in [0.1, 0.15) is 0 Å². The summed E-state index contributed by atoms with van der Waals surface area (Å²) < 4.78 is 0. The van der Waals surface area contributed by atoms with Crippen LogP contribution < -0.4 is 5.32 Å². The Kier molecular flexibility index (Phi) is 5.52. The van der Waals surface area contributed by atoms with E-state index in [1.165, 1.54) is 11.3 Å². The second kappa shape index (κ2) is 7.81. The Labute approximate surface area is 149 Å². The number of thiazole rings is 1. The van der Waals surface area contributed by atoms with E-state index >= 15 is 0 Å². The predicted octanol–water partition coefficient (Wildman–Crippen LogP) is 3.36. The van der Waals surface area contributed by atoms with E-state index < -0.39 is 0 Å². The number of hydrogen-bond donors (Lipinski definition) is 1. The maximum atomic E-state index is 12.7. The molecule has 0 unspecified atom stereocenters. The SMILES string of the molecule is CSc1ccccc1C(=O)N1CCC(C(=O)Nc2nccs2)CC1. The molecule has 1 aliphatic heterocycles. The van der Waals surface area contributed by atoms with E-state index in [-0.39, 0.29) is 17.7 Å². The molecule has 2 amide bonds. The lowest BCUT2D eigenvalue weighted by atomic mass is 9.95. The van der Waals surface area contributed by atoms with Gasteiger partial charge in [0.2, 0.25) is 5.91 Å². The molecule has 2 heterocycles. The number of benzene rings is 1. The molecule has 0 radical (unpaired) electrons. The molecule has 1 aromatic carbocycles. The zero-order valence-electron chi connectivity index (χ0n) is 13.4. The molecule has 1 aliphatic rings. The average Bonchev–Trinajstić information content (AvgIpc) is 3.14. The number of nitrogens with zero attached hydrogens (tertiary/aromatic N) is 2. The maximum absolute atomic E-state index is 12.7. The molecule has 0 aliphatic carbocycles. The molecule has 0 bridgehead atoms. The zero-order chi connectivity index (χ0) is 16.9. The first kappa shape index (κ1) is 17.0. The van der Waals surface area contributed by atoms with Gasteiger partial charge in [-0.15, -0.1) is 23.1 Å². The van der Waals surface area contributed by atoms with Crippen molar-refractivity contribution in [2.45, 2.75) is 17.7 Å². The van der Waals surface area contributed by atoms with E-state index in [0.717, 1.165) is 10.5 Å². The number of amides is 2. The number of hydrogen-bond acceptors (Lipinski definition) is 5. The van der Waals surface area contributed by atoms with Crippen LogP contribution in [0.4, 0.5) is 5.13 Å². The summed E-state index contributed by atoms with van der Waals surface area (Å²) in [7, 11) is 0. The minimum atomic E-state index is -0.0613. The van der Waals surface area contributed by atoms with Crippen LogP contribution in [0, 0.1) is 5.92 Å². The third kappa shape index (κ3) is 3.79. The fourth-order valence-corrected chi connectivity index (χ4v) is 3.95. The van der Waals surface area contributed by atoms with Crippen LogP contribution in [0.25, 0.3) is 0 Å². The van der Waals surface area contributed by atoms with Crippen LogP contribution in [0.5, 0.6) is 0 Å². The third-order valence-electron chi connectivity index (χ3n) is 4.15. The second-order valence-electron chi connectivity index (χ2n) is 5.59. The van der Waals surface area contributed by atoms with Crippen molar-refractivity contribution < 1.29 is 9.59 Å². The van der Waals surface area contributed by atoms with Crippen molar-refractivity contribution in [2.24, 2.45) is 5.92 Å². The van der Waals surface area contributed by atoms with E-state index in [1.54, 1.807) is 18.0 Å². The van der Waals surface area contributed by atoms with Gasteiger partial charge >= 0.3 is 0 Å². The molecular formula is C17H19N3O2S2. The fraction of sp³-hybridized carbons (Fsp3) is 0.353. The number of carbonyl (C=O) groups is 2. The average molecular weight is 361 g/mol. The summed E-state index contributed by atoms with van der Waals surface area (Å²) in [5, 5.41) is 5.31. The van der Waals surface area contributed by atoms with Crippen molar-refractivity contribution in [2.75, 3.05) is 24.7 Å². The highest BCUT2D eigenvalue weighted by Gasteiger charge is 2.28. The van der Waals surface area contributed by atoms with Gasteiger partial charge in [0.25, 0.3) is 5.91 Å². The van der Waals surface area contributed by atoms with Crippen molar-refractivity contribution in [1.29, 1.82) is 0 Å². The topological polar surface area (TPSA) is 62.3 Å². The minimum Gasteiger partial charge on any atom is -0.339 e. The molecule has 1 N–H and O–H groups in total. The van der Waals surface area contributed by atoms with Gasteiger partial charge in [-0.1, -0.05) is 12.1 Å². The normalized spacial score (nSPS) is 15.3. The maximum Gasteiger partial charge on any atom is 0.254 e. The van der Waals surface area contributed by atoms with Gasteiger partial charge in [-0.25, -0.2) is 4.98 Å². The van der Waals surface area contributed by atoms with Crippen LogP contribution in [-0.2, 0) is 4.79 Å². The number of piperidine rings is 1. The molecule has 24 heavy (non-hydrogen) atoms. The summed E-state index contributed by atoms with van der Waals surface area (Å²) in [6.45, 7) is 1.22. The molecule has 0 spiro atoms. The fourth-order valence-electron chi connectivity index (χ4n) is 2.83. The Morgan fingerprint density at radius 2 is 2.04 bits per heavy atom. The molecule has 5 nitrogen and oxygen atoms in total.